The molecular formula is C12H8O3. The van der Waals surface area contributed by atoms with E-state index >= 15 is 0 Å². The van der Waals surface area contributed by atoms with Crippen molar-refractivity contribution in [2.45, 2.75) is 6.92 Å². The van der Waals surface area contributed by atoms with Gasteiger partial charge in [0.15, 0.2) is 5.58 Å². The van der Waals surface area contributed by atoms with Crippen LogP contribution in [0.15, 0.2) is 44.2 Å². The molecule has 1 aromatic carbocycles. The van der Waals surface area contributed by atoms with E-state index in [2.05, 4.69) is 0 Å². The number of hydrogen-bond donors (Lipinski definition) is 0. The van der Waals surface area contributed by atoms with E-state index in [0.717, 1.165) is 10.9 Å². The van der Waals surface area contributed by atoms with Gasteiger partial charge >= 0.3 is 5.63 Å². The van der Waals surface area contributed by atoms with Crippen molar-refractivity contribution in [3.8, 4) is 0 Å². The minimum absolute atomic E-state index is 0.352. The van der Waals surface area contributed by atoms with Gasteiger partial charge in [0.25, 0.3) is 0 Å². The lowest BCUT2D eigenvalue weighted by atomic mass is 10.1. The molecule has 0 unspecified atom stereocenters. The minimum Gasteiger partial charge on any atom is -0.463 e. The van der Waals surface area contributed by atoms with Crippen LogP contribution in [0.3, 0.4) is 0 Å². The summed E-state index contributed by atoms with van der Waals surface area (Å²) in [6, 6.07) is 7.26. The second-order valence-corrected chi connectivity index (χ2v) is 3.55. The number of benzene rings is 1. The fourth-order valence-electron chi connectivity index (χ4n) is 1.74. The van der Waals surface area contributed by atoms with Crippen molar-refractivity contribution in [2.24, 2.45) is 0 Å². The molecule has 0 radical (unpaired) electrons. The predicted octanol–water partition coefficient (Wildman–Crippen LogP) is 2.85. The highest BCUT2D eigenvalue weighted by atomic mass is 16.4. The SMILES string of the molecule is Cc1ccc2oc(=O)c3ccoc3c2c1. The fraction of sp³-hybridized carbons (Fsp3) is 0.0833. The quantitative estimate of drug-likeness (QED) is 0.524. The van der Waals surface area contributed by atoms with Crippen LogP contribution in [0.25, 0.3) is 21.9 Å². The normalized spacial score (nSPS) is 11.3. The third-order valence-corrected chi connectivity index (χ3v) is 2.47. The van der Waals surface area contributed by atoms with E-state index in [1.807, 2.05) is 19.1 Å². The van der Waals surface area contributed by atoms with Crippen LogP contribution in [0.4, 0.5) is 0 Å². The molecule has 0 atom stereocenters. The number of rotatable bonds is 0. The van der Waals surface area contributed by atoms with Gasteiger partial charge in [0.2, 0.25) is 0 Å². The molecule has 0 amide bonds. The Labute approximate surface area is 84.9 Å². The van der Waals surface area contributed by atoms with Crippen LogP contribution in [-0.4, -0.2) is 0 Å². The Morgan fingerprint density at radius 2 is 2.00 bits per heavy atom. The van der Waals surface area contributed by atoms with Gasteiger partial charge in [0.05, 0.1) is 11.6 Å². The summed E-state index contributed by atoms with van der Waals surface area (Å²) in [6.45, 7) is 1.99. The Balaban J connectivity index is 2.67. The summed E-state index contributed by atoms with van der Waals surface area (Å²) in [5.74, 6) is 0. The third kappa shape index (κ3) is 1.09. The molecule has 0 aliphatic heterocycles. The van der Waals surface area contributed by atoms with E-state index in [1.54, 1.807) is 12.1 Å². The molecule has 0 spiro atoms. The molecule has 15 heavy (non-hydrogen) atoms. The Morgan fingerprint density at radius 3 is 2.87 bits per heavy atom. The zero-order valence-electron chi connectivity index (χ0n) is 8.11. The van der Waals surface area contributed by atoms with Crippen molar-refractivity contribution in [3.05, 3.63) is 46.5 Å². The van der Waals surface area contributed by atoms with Crippen LogP contribution in [0.1, 0.15) is 5.56 Å². The largest absolute Gasteiger partial charge is 0.463 e. The predicted molar refractivity (Wildman–Crippen MR) is 57.0 cm³/mol. The Kier molecular flexibility index (Phi) is 1.51. The first-order chi connectivity index (χ1) is 7.25. The van der Waals surface area contributed by atoms with Gasteiger partial charge in [-0.3, -0.25) is 0 Å². The monoisotopic (exact) mass is 200 g/mol. The zero-order valence-corrected chi connectivity index (χ0v) is 8.11. The lowest BCUT2D eigenvalue weighted by Crippen LogP contribution is -1.97. The molecule has 3 heteroatoms. The van der Waals surface area contributed by atoms with Gasteiger partial charge in [-0.1, -0.05) is 11.6 Å². The molecule has 74 valence electrons. The Bertz CT molecular complexity index is 704. The topological polar surface area (TPSA) is 43.4 Å². The number of furan rings is 1. The van der Waals surface area contributed by atoms with Crippen molar-refractivity contribution in [3.63, 3.8) is 0 Å². The third-order valence-electron chi connectivity index (χ3n) is 2.47. The van der Waals surface area contributed by atoms with Crippen LogP contribution < -0.4 is 5.63 Å². The van der Waals surface area contributed by atoms with Crippen molar-refractivity contribution in [2.75, 3.05) is 0 Å². The highest BCUT2D eigenvalue weighted by Gasteiger charge is 2.09. The Morgan fingerprint density at radius 1 is 1.13 bits per heavy atom. The van der Waals surface area contributed by atoms with Crippen molar-refractivity contribution in [1.29, 1.82) is 0 Å². The standard InChI is InChI=1S/C12H8O3/c1-7-2-3-10-9(6-7)11-8(4-5-14-11)12(13)15-10/h2-6H,1H3. The maximum absolute atomic E-state index is 11.5. The van der Waals surface area contributed by atoms with E-state index in [9.17, 15) is 4.79 Å². The number of aryl methyl sites for hydroxylation is 1. The average Bonchev–Trinajstić information content (AvgIpc) is 2.69. The summed E-state index contributed by atoms with van der Waals surface area (Å²) in [7, 11) is 0. The molecule has 0 aliphatic rings. The van der Waals surface area contributed by atoms with Crippen LogP contribution in [0.5, 0.6) is 0 Å². The highest BCUT2D eigenvalue weighted by Crippen LogP contribution is 2.24. The molecular weight excluding hydrogens is 192 g/mol. The maximum Gasteiger partial charge on any atom is 0.347 e. The second-order valence-electron chi connectivity index (χ2n) is 3.55. The summed E-state index contributed by atoms with van der Waals surface area (Å²) in [4.78, 5) is 11.5. The summed E-state index contributed by atoms with van der Waals surface area (Å²) in [5, 5.41) is 1.34. The summed E-state index contributed by atoms with van der Waals surface area (Å²) in [5.41, 5.74) is 1.92. The van der Waals surface area contributed by atoms with Gasteiger partial charge < -0.3 is 8.83 Å². The zero-order chi connectivity index (χ0) is 10.4. The van der Waals surface area contributed by atoms with Crippen LogP contribution in [0.2, 0.25) is 0 Å². The van der Waals surface area contributed by atoms with Crippen LogP contribution in [-0.2, 0) is 0 Å². The molecule has 3 nitrogen and oxygen atoms in total. The smallest absolute Gasteiger partial charge is 0.347 e. The van der Waals surface area contributed by atoms with Crippen molar-refractivity contribution in [1.82, 2.24) is 0 Å². The van der Waals surface area contributed by atoms with E-state index in [-0.39, 0.29) is 5.63 Å². The van der Waals surface area contributed by atoms with Gasteiger partial charge in [0.1, 0.15) is 11.0 Å². The molecule has 0 aliphatic carbocycles. The molecule has 3 rings (SSSR count). The number of fused-ring (bicyclic) bond motifs is 3. The highest BCUT2D eigenvalue weighted by molar-refractivity contribution is 6.00. The van der Waals surface area contributed by atoms with Crippen LogP contribution in [0, 0.1) is 6.92 Å². The molecule has 0 N–H and O–H groups in total. The summed E-state index contributed by atoms with van der Waals surface area (Å²) < 4.78 is 10.5. The molecule has 0 saturated heterocycles. The van der Waals surface area contributed by atoms with E-state index < -0.39 is 0 Å². The van der Waals surface area contributed by atoms with E-state index in [1.165, 1.54) is 6.26 Å². The molecule has 2 aromatic heterocycles. The van der Waals surface area contributed by atoms with E-state index in [4.69, 9.17) is 8.83 Å². The fourth-order valence-corrected chi connectivity index (χ4v) is 1.74. The van der Waals surface area contributed by atoms with Gasteiger partial charge in [-0.25, -0.2) is 4.79 Å². The van der Waals surface area contributed by atoms with Gasteiger partial charge in [0, 0.05) is 0 Å². The Hall–Kier alpha value is -2.03. The van der Waals surface area contributed by atoms with E-state index in [0.29, 0.717) is 16.6 Å². The van der Waals surface area contributed by atoms with Crippen LogP contribution >= 0.6 is 0 Å². The molecule has 3 aromatic rings. The average molecular weight is 200 g/mol. The molecule has 0 saturated carbocycles. The second kappa shape index (κ2) is 2.73. The minimum atomic E-state index is -0.352. The first-order valence-corrected chi connectivity index (χ1v) is 4.66. The lowest BCUT2D eigenvalue weighted by Gasteiger charge is -1.98. The van der Waals surface area contributed by atoms with Crippen molar-refractivity contribution >= 4 is 21.9 Å². The maximum atomic E-state index is 11.5. The molecule has 0 fully saturated rings. The first-order valence-electron chi connectivity index (χ1n) is 4.66. The molecule has 0 bridgehead atoms. The number of hydrogen-bond acceptors (Lipinski definition) is 3. The van der Waals surface area contributed by atoms with Gasteiger partial charge in [-0.15, -0.1) is 0 Å². The summed E-state index contributed by atoms with van der Waals surface area (Å²) >= 11 is 0. The summed E-state index contributed by atoms with van der Waals surface area (Å²) in [6.07, 6.45) is 1.50. The van der Waals surface area contributed by atoms with Gasteiger partial charge in [-0.2, -0.15) is 0 Å². The molecule has 2 heterocycles. The van der Waals surface area contributed by atoms with Gasteiger partial charge in [-0.05, 0) is 25.1 Å². The lowest BCUT2D eigenvalue weighted by molar-refractivity contribution is 0.564. The first kappa shape index (κ1) is 8.29. The van der Waals surface area contributed by atoms with Crippen molar-refractivity contribution < 1.29 is 8.83 Å².